The number of hydrogen-bond donors (Lipinski definition) is 1. The van der Waals surface area contributed by atoms with Crippen molar-refractivity contribution < 1.29 is 32.3 Å². The van der Waals surface area contributed by atoms with Gasteiger partial charge < -0.3 is 9.72 Å². The third-order valence-corrected chi connectivity index (χ3v) is 4.20. The lowest BCUT2D eigenvalue weighted by Crippen LogP contribution is -2.29. The Labute approximate surface area is 137 Å². The van der Waals surface area contributed by atoms with Crippen molar-refractivity contribution in [2.75, 3.05) is 0 Å². The molecular formula is C16H9F3N2O4. The topological polar surface area (TPSA) is 81.2 Å². The van der Waals surface area contributed by atoms with Gasteiger partial charge in [-0.3, -0.25) is 9.36 Å². The van der Waals surface area contributed by atoms with Gasteiger partial charge in [-0.05, 0) is 26.0 Å². The predicted octanol–water partition coefficient (Wildman–Crippen LogP) is 3.25. The second kappa shape index (κ2) is 4.50. The van der Waals surface area contributed by atoms with Gasteiger partial charge >= 0.3 is 24.0 Å². The molecule has 0 amide bonds. The summed E-state index contributed by atoms with van der Waals surface area (Å²) in [6.45, 7) is 2.96. The van der Waals surface area contributed by atoms with Gasteiger partial charge in [-0.1, -0.05) is 0 Å². The highest BCUT2D eigenvalue weighted by atomic mass is 19.4. The molecule has 1 aliphatic heterocycles. The number of aromatic amines is 1. The van der Waals surface area contributed by atoms with Crippen molar-refractivity contribution >= 4 is 39.7 Å². The molecule has 1 aliphatic rings. The molecule has 0 unspecified atom stereocenters. The van der Waals surface area contributed by atoms with Gasteiger partial charge in [0.25, 0.3) is 0 Å². The molecule has 0 spiro atoms. The lowest BCUT2D eigenvalue weighted by molar-refractivity contribution is -0.0944. The van der Waals surface area contributed by atoms with Crippen LogP contribution in [0.2, 0.25) is 0 Å². The third kappa shape index (κ3) is 1.89. The summed E-state index contributed by atoms with van der Waals surface area (Å²) in [5.74, 6) is -3.88. The minimum absolute atomic E-state index is 0.00606. The number of aromatic nitrogens is 2. The monoisotopic (exact) mass is 350 g/mol. The molecule has 25 heavy (non-hydrogen) atoms. The summed E-state index contributed by atoms with van der Waals surface area (Å²) in [4.78, 5) is 38.8. The van der Waals surface area contributed by atoms with E-state index in [1.165, 1.54) is 19.1 Å². The number of benzene rings is 1. The Morgan fingerprint density at radius 2 is 1.68 bits per heavy atom. The number of carbonyl (C=O) groups is 3. The molecule has 1 aromatic carbocycles. The van der Waals surface area contributed by atoms with Crippen LogP contribution in [0.5, 0.6) is 0 Å². The van der Waals surface area contributed by atoms with Crippen LogP contribution in [-0.4, -0.2) is 33.6 Å². The summed E-state index contributed by atoms with van der Waals surface area (Å²) < 4.78 is 44.2. The number of ether oxygens (including phenoxy) is 1. The van der Waals surface area contributed by atoms with E-state index < -0.39 is 24.0 Å². The lowest BCUT2D eigenvalue weighted by Gasteiger charge is -2.10. The van der Waals surface area contributed by atoms with Gasteiger partial charge in [-0.2, -0.15) is 13.2 Å². The van der Waals surface area contributed by atoms with Crippen molar-refractivity contribution in [3.63, 3.8) is 0 Å². The van der Waals surface area contributed by atoms with Crippen LogP contribution in [0.1, 0.15) is 36.9 Å². The molecule has 0 bridgehead atoms. The molecule has 6 nitrogen and oxygen atoms in total. The molecular weight excluding hydrogens is 341 g/mol. The lowest BCUT2D eigenvalue weighted by atomic mass is 10.0. The molecule has 0 atom stereocenters. The maximum atomic E-state index is 13.0. The third-order valence-electron chi connectivity index (χ3n) is 4.20. The Bertz CT molecular complexity index is 1130. The van der Waals surface area contributed by atoms with Crippen molar-refractivity contribution in [2.24, 2.45) is 0 Å². The molecule has 0 saturated heterocycles. The number of cyclic esters (lactones) is 2. The highest BCUT2D eigenvalue weighted by Gasteiger charge is 2.43. The fraction of sp³-hybridized carbons (Fsp3) is 0.188. The second-order valence-electron chi connectivity index (χ2n) is 5.85. The molecule has 3 heterocycles. The fourth-order valence-corrected chi connectivity index (χ4v) is 3.32. The Morgan fingerprint density at radius 3 is 2.28 bits per heavy atom. The van der Waals surface area contributed by atoms with E-state index in [1.807, 2.05) is 0 Å². The van der Waals surface area contributed by atoms with E-state index in [1.54, 1.807) is 6.92 Å². The van der Waals surface area contributed by atoms with E-state index in [2.05, 4.69) is 9.72 Å². The van der Waals surface area contributed by atoms with Crippen molar-refractivity contribution in [3.8, 4) is 0 Å². The average molecular weight is 350 g/mol. The van der Waals surface area contributed by atoms with E-state index in [9.17, 15) is 27.6 Å². The number of fused-ring (bicyclic) bond motifs is 6. The first-order valence-electron chi connectivity index (χ1n) is 7.16. The molecule has 0 fully saturated rings. The summed E-state index contributed by atoms with van der Waals surface area (Å²) in [6.07, 6.45) is -5.10. The molecule has 2 aromatic heterocycles. The van der Waals surface area contributed by atoms with Crippen LogP contribution in [-0.2, 0) is 4.74 Å². The number of aryl methyl sites for hydroxylation is 2. The number of H-pyrrole nitrogens is 1. The van der Waals surface area contributed by atoms with Gasteiger partial charge in [-0.25, -0.2) is 9.59 Å². The van der Waals surface area contributed by atoms with Crippen molar-refractivity contribution in [1.82, 2.24) is 9.55 Å². The smallest absolute Gasteiger partial charge is 0.386 e. The number of halogens is 3. The maximum Gasteiger partial charge on any atom is 0.472 e. The summed E-state index contributed by atoms with van der Waals surface area (Å²) in [5.41, 5.74) is 0.488. The van der Waals surface area contributed by atoms with Gasteiger partial charge in [0.1, 0.15) is 0 Å². The molecule has 0 saturated carbocycles. The molecule has 0 aliphatic carbocycles. The van der Waals surface area contributed by atoms with Crippen LogP contribution in [0.3, 0.4) is 0 Å². The van der Waals surface area contributed by atoms with Gasteiger partial charge in [0.2, 0.25) is 0 Å². The first-order valence-corrected chi connectivity index (χ1v) is 7.16. The number of hydrogen-bond acceptors (Lipinski definition) is 4. The SMILES string of the molecule is Cc1cc2c3c(c4cc(C)n(C(=O)C(F)(F)F)c4c2[nH]1)C(=O)OC3=O. The van der Waals surface area contributed by atoms with Crippen LogP contribution in [0.15, 0.2) is 12.1 Å². The Balaban J connectivity index is 2.26. The Morgan fingerprint density at radius 1 is 1.08 bits per heavy atom. The number of nitrogens with one attached hydrogen (secondary N) is 1. The molecule has 128 valence electrons. The summed E-state index contributed by atoms with van der Waals surface area (Å²) >= 11 is 0. The minimum atomic E-state index is -5.10. The van der Waals surface area contributed by atoms with Crippen molar-refractivity contribution in [3.05, 3.63) is 34.6 Å². The van der Waals surface area contributed by atoms with E-state index >= 15 is 0 Å². The standard InChI is InChI=1S/C16H9F3N2O4/c1-5-3-7-9-10(14(23)25-13(9)22)8-4-6(2)21(12(8)11(7)20-5)15(24)16(17,18)19/h3-4,20H,1-2H3. The van der Waals surface area contributed by atoms with E-state index in [0.29, 0.717) is 10.3 Å². The quantitative estimate of drug-likeness (QED) is 0.498. The van der Waals surface area contributed by atoms with Gasteiger partial charge in [0.15, 0.2) is 0 Å². The minimum Gasteiger partial charge on any atom is -0.386 e. The highest BCUT2D eigenvalue weighted by Crippen LogP contribution is 2.39. The van der Waals surface area contributed by atoms with Gasteiger partial charge in [0, 0.05) is 22.2 Å². The van der Waals surface area contributed by atoms with E-state index in [0.717, 1.165) is 0 Å². The Hall–Kier alpha value is -3.10. The fourth-order valence-electron chi connectivity index (χ4n) is 3.32. The molecule has 0 radical (unpaired) electrons. The number of alkyl halides is 3. The van der Waals surface area contributed by atoms with E-state index in [-0.39, 0.29) is 38.6 Å². The summed E-state index contributed by atoms with van der Waals surface area (Å²) in [6, 6.07) is 2.80. The van der Waals surface area contributed by atoms with Crippen LogP contribution in [0.25, 0.3) is 21.8 Å². The largest absolute Gasteiger partial charge is 0.472 e. The Kier molecular flexibility index (Phi) is 2.78. The van der Waals surface area contributed by atoms with Crippen molar-refractivity contribution in [2.45, 2.75) is 20.0 Å². The average Bonchev–Trinajstić information content (AvgIpc) is 3.10. The van der Waals surface area contributed by atoms with Crippen LogP contribution >= 0.6 is 0 Å². The van der Waals surface area contributed by atoms with Crippen molar-refractivity contribution in [1.29, 1.82) is 0 Å². The highest BCUT2D eigenvalue weighted by molar-refractivity contribution is 6.30. The molecule has 4 rings (SSSR count). The zero-order chi connectivity index (χ0) is 18.3. The maximum absolute atomic E-state index is 13.0. The van der Waals surface area contributed by atoms with Crippen LogP contribution in [0, 0.1) is 13.8 Å². The normalized spacial score (nSPS) is 14.4. The van der Waals surface area contributed by atoms with Crippen LogP contribution in [0.4, 0.5) is 13.2 Å². The van der Waals surface area contributed by atoms with Gasteiger partial charge in [-0.15, -0.1) is 0 Å². The molecule has 1 N–H and O–H groups in total. The predicted molar refractivity (Wildman–Crippen MR) is 79.7 cm³/mol. The first-order chi connectivity index (χ1) is 11.6. The number of esters is 2. The zero-order valence-electron chi connectivity index (χ0n) is 12.9. The zero-order valence-corrected chi connectivity index (χ0v) is 12.9. The van der Waals surface area contributed by atoms with Crippen LogP contribution < -0.4 is 0 Å². The van der Waals surface area contributed by atoms with E-state index in [4.69, 9.17) is 0 Å². The number of carbonyl (C=O) groups excluding carboxylic acids is 3. The number of nitrogens with zero attached hydrogens (tertiary/aromatic N) is 1. The first kappa shape index (κ1) is 15.4. The molecule has 9 heteroatoms. The summed E-state index contributed by atoms with van der Waals surface area (Å²) in [7, 11) is 0. The molecule has 3 aromatic rings. The summed E-state index contributed by atoms with van der Waals surface area (Å²) in [5, 5.41) is 0.306. The number of rotatable bonds is 0. The second-order valence-corrected chi connectivity index (χ2v) is 5.85. The van der Waals surface area contributed by atoms with Gasteiger partial charge in [0.05, 0.1) is 22.2 Å².